The van der Waals surface area contributed by atoms with Gasteiger partial charge in [0.25, 0.3) is 0 Å². The predicted molar refractivity (Wildman–Crippen MR) is 78.1 cm³/mol. The molecule has 1 aromatic carbocycles. The van der Waals surface area contributed by atoms with Gasteiger partial charge in [0.2, 0.25) is 5.91 Å². The first-order chi connectivity index (χ1) is 9.13. The lowest BCUT2D eigenvalue weighted by Gasteiger charge is -2.30. The van der Waals surface area contributed by atoms with Crippen LogP contribution in [-0.4, -0.2) is 35.1 Å². The molecule has 1 N–H and O–H groups in total. The minimum Gasteiger partial charge on any atom is -0.395 e. The van der Waals surface area contributed by atoms with Crippen molar-refractivity contribution in [3.8, 4) is 0 Å². The van der Waals surface area contributed by atoms with Gasteiger partial charge < -0.3 is 10.0 Å². The van der Waals surface area contributed by atoms with Gasteiger partial charge in [-0.25, -0.2) is 0 Å². The second-order valence-electron chi connectivity index (χ2n) is 4.88. The molecule has 3 heteroatoms. The van der Waals surface area contributed by atoms with Gasteiger partial charge in [-0.05, 0) is 30.9 Å². The Kier molecular flexibility index (Phi) is 6.57. The fraction of sp³-hybridized carbons (Fsp3) is 0.562. The monoisotopic (exact) mass is 263 g/mol. The van der Waals surface area contributed by atoms with Crippen LogP contribution in [-0.2, 0) is 11.2 Å². The summed E-state index contributed by atoms with van der Waals surface area (Å²) in [6, 6.07) is 8.19. The Morgan fingerprint density at radius 2 is 1.89 bits per heavy atom. The van der Waals surface area contributed by atoms with Crippen LogP contribution in [0.5, 0.6) is 0 Å². The zero-order valence-electron chi connectivity index (χ0n) is 12.2. The third-order valence-electron chi connectivity index (χ3n) is 3.65. The highest BCUT2D eigenvalue weighted by Crippen LogP contribution is 2.13. The molecule has 1 aromatic rings. The molecule has 0 radical (unpaired) electrons. The summed E-state index contributed by atoms with van der Waals surface area (Å²) < 4.78 is 0. The van der Waals surface area contributed by atoms with Crippen LogP contribution < -0.4 is 0 Å². The second kappa shape index (κ2) is 7.95. The van der Waals surface area contributed by atoms with Crippen molar-refractivity contribution >= 4 is 5.91 Å². The topological polar surface area (TPSA) is 40.5 Å². The molecule has 0 aliphatic rings. The lowest BCUT2D eigenvalue weighted by Crippen LogP contribution is -2.42. The van der Waals surface area contributed by atoms with Gasteiger partial charge in [0, 0.05) is 12.6 Å². The van der Waals surface area contributed by atoms with Gasteiger partial charge in [0.15, 0.2) is 0 Å². The molecule has 19 heavy (non-hydrogen) atoms. The van der Waals surface area contributed by atoms with E-state index >= 15 is 0 Å². The van der Waals surface area contributed by atoms with Crippen LogP contribution in [0, 0.1) is 6.92 Å². The minimum absolute atomic E-state index is 0.0238. The summed E-state index contributed by atoms with van der Waals surface area (Å²) in [6.45, 7) is 6.64. The van der Waals surface area contributed by atoms with E-state index in [1.54, 1.807) is 0 Å². The number of hydrogen-bond donors (Lipinski definition) is 1. The number of aryl methyl sites for hydroxylation is 1. The third kappa shape index (κ3) is 4.35. The first kappa shape index (κ1) is 15.7. The first-order valence-corrected chi connectivity index (χ1v) is 7.08. The van der Waals surface area contributed by atoms with Crippen LogP contribution >= 0.6 is 0 Å². The smallest absolute Gasteiger partial charge is 0.227 e. The van der Waals surface area contributed by atoms with Gasteiger partial charge in [-0.3, -0.25) is 4.79 Å². The average molecular weight is 263 g/mol. The lowest BCUT2D eigenvalue weighted by molar-refractivity contribution is -0.133. The van der Waals surface area contributed by atoms with Gasteiger partial charge in [0.05, 0.1) is 13.0 Å². The highest BCUT2D eigenvalue weighted by Gasteiger charge is 2.20. The largest absolute Gasteiger partial charge is 0.395 e. The molecule has 106 valence electrons. The van der Waals surface area contributed by atoms with Crippen molar-refractivity contribution in [3.63, 3.8) is 0 Å². The number of benzene rings is 1. The Labute approximate surface area is 116 Å². The fourth-order valence-corrected chi connectivity index (χ4v) is 2.42. The van der Waals surface area contributed by atoms with Crippen LogP contribution in [0.4, 0.5) is 0 Å². The van der Waals surface area contributed by atoms with Crippen molar-refractivity contribution in [2.45, 2.75) is 46.1 Å². The highest BCUT2D eigenvalue weighted by atomic mass is 16.3. The maximum Gasteiger partial charge on any atom is 0.227 e. The molecule has 0 aliphatic carbocycles. The van der Waals surface area contributed by atoms with Crippen molar-refractivity contribution in [1.29, 1.82) is 0 Å². The number of carbonyl (C=O) groups is 1. The van der Waals surface area contributed by atoms with E-state index in [9.17, 15) is 4.79 Å². The summed E-state index contributed by atoms with van der Waals surface area (Å²) in [4.78, 5) is 14.3. The van der Waals surface area contributed by atoms with Gasteiger partial charge in [0.1, 0.15) is 0 Å². The van der Waals surface area contributed by atoms with Crippen LogP contribution in [0.25, 0.3) is 0 Å². The van der Waals surface area contributed by atoms with Gasteiger partial charge in [-0.15, -0.1) is 0 Å². The number of amides is 1. The molecule has 0 heterocycles. The van der Waals surface area contributed by atoms with E-state index < -0.39 is 0 Å². The van der Waals surface area contributed by atoms with Crippen LogP contribution in [0.3, 0.4) is 0 Å². The van der Waals surface area contributed by atoms with Crippen LogP contribution in [0.1, 0.15) is 37.8 Å². The normalized spacial score (nSPS) is 10.8. The van der Waals surface area contributed by atoms with Crippen molar-refractivity contribution in [3.05, 3.63) is 35.4 Å². The number of nitrogens with zero attached hydrogens (tertiary/aromatic N) is 1. The Morgan fingerprint density at radius 1 is 1.26 bits per heavy atom. The molecule has 0 atom stereocenters. The van der Waals surface area contributed by atoms with Crippen molar-refractivity contribution in [2.75, 3.05) is 13.2 Å². The molecular formula is C16H25NO2. The van der Waals surface area contributed by atoms with E-state index in [0.29, 0.717) is 13.0 Å². The van der Waals surface area contributed by atoms with E-state index in [0.717, 1.165) is 24.0 Å². The van der Waals surface area contributed by atoms with E-state index in [-0.39, 0.29) is 18.6 Å². The Hall–Kier alpha value is -1.35. The number of rotatable bonds is 7. The Balaban J connectivity index is 2.80. The Morgan fingerprint density at radius 3 is 2.42 bits per heavy atom. The van der Waals surface area contributed by atoms with Gasteiger partial charge in [-0.1, -0.05) is 38.1 Å². The maximum atomic E-state index is 12.4. The van der Waals surface area contributed by atoms with Crippen LogP contribution in [0.2, 0.25) is 0 Å². The minimum atomic E-state index is 0.0238. The molecule has 0 bridgehead atoms. The number of carbonyl (C=O) groups excluding carboxylic acids is 1. The second-order valence-corrected chi connectivity index (χ2v) is 4.88. The molecular weight excluding hydrogens is 238 g/mol. The van der Waals surface area contributed by atoms with Crippen LogP contribution in [0.15, 0.2) is 24.3 Å². The molecule has 3 nitrogen and oxygen atoms in total. The molecule has 0 fully saturated rings. The first-order valence-electron chi connectivity index (χ1n) is 7.08. The van der Waals surface area contributed by atoms with Gasteiger partial charge >= 0.3 is 0 Å². The quantitative estimate of drug-likeness (QED) is 0.821. The number of aliphatic hydroxyl groups excluding tert-OH is 1. The zero-order chi connectivity index (χ0) is 14.3. The molecule has 1 amide bonds. The summed E-state index contributed by atoms with van der Waals surface area (Å²) in [5.74, 6) is 0.108. The summed E-state index contributed by atoms with van der Waals surface area (Å²) in [7, 11) is 0. The molecule has 1 rings (SSSR count). The third-order valence-corrected chi connectivity index (χ3v) is 3.65. The molecule has 0 aliphatic heterocycles. The lowest BCUT2D eigenvalue weighted by atomic mass is 10.0. The Bertz CT molecular complexity index is 399. The average Bonchev–Trinajstić information content (AvgIpc) is 2.41. The standard InChI is InChI=1S/C16H25NO2/c1-4-15(5-2)17(10-11-18)16(19)12-14-9-7-6-8-13(14)3/h6-9,15,18H,4-5,10-12H2,1-3H3. The molecule has 0 spiro atoms. The summed E-state index contributed by atoms with van der Waals surface area (Å²) in [5.41, 5.74) is 2.21. The fourth-order valence-electron chi connectivity index (χ4n) is 2.42. The molecule has 0 saturated carbocycles. The highest BCUT2D eigenvalue weighted by molar-refractivity contribution is 5.79. The maximum absolute atomic E-state index is 12.4. The van der Waals surface area contributed by atoms with E-state index in [2.05, 4.69) is 13.8 Å². The zero-order valence-corrected chi connectivity index (χ0v) is 12.2. The number of aliphatic hydroxyl groups is 1. The molecule has 0 aromatic heterocycles. The summed E-state index contributed by atoms with van der Waals surface area (Å²) in [6.07, 6.45) is 2.27. The van der Waals surface area contributed by atoms with E-state index in [1.165, 1.54) is 0 Å². The molecule has 0 unspecified atom stereocenters. The summed E-state index contributed by atoms with van der Waals surface area (Å²) in [5, 5.41) is 9.15. The van der Waals surface area contributed by atoms with Crippen molar-refractivity contribution in [1.82, 2.24) is 4.90 Å². The van der Waals surface area contributed by atoms with E-state index in [4.69, 9.17) is 5.11 Å². The van der Waals surface area contributed by atoms with E-state index in [1.807, 2.05) is 36.1 Å². The predicted octanol–water partition coefficient (Wildman–Crippen LogP) is 2.55. The van der Waals surface area contributed by atoms with Gasteiger partial charge in [-0.2, -0.15) is 0 Å². The number of hydrogen-bond acceptors (Lipinski definition) is 2. The van der Waals surface area contributed by atoms with Crippen molar-refractivity contribution in [2.24, 2.45) is 0 Å². The SMILES string of the molecule is CCC(CC)N(CCO)C(=O)Cc1ccccc1C. The summed E-state index contributed by atoms with van der Waals surface area (Å²) >= 11 is 0. The van der Waals surface area contributed by atoms with Crippen molar-refractivity contribution < 1.29 is 9.90 Å². The molecule has 0 saturated heterocycles.